The third-order valence-corrected chi connectivity index (χ3v) is 2.51. The molecule has 1 atom stereocenters. The highest BCUT2D eigenvalue weighted by molar-refractivity contribution is 6.70. The van der Waals surface area contributed by atoms with E-state index in [1.807, 2.05) is 0 Å². The maximum atomic E-state index is 5.65. The molecular weight excluding hydrogens is 254 g/mol. The Kier molecular flexibility index (Phi) is 3.99. The van der Waals surface area contributed by atoms with Gasteiger partial charge in [0.05, 0.1) is 0 Å². The van der Waals surface area contributed by atoms with Gasteiger partial charge in [0, 0.05) is 6.07 Å². The molecule has 1 aromatic rings. The molecule has 0 aromatic heterocycles. The Bertz CT molecular complexity index is 257. The van der Waals surface area contributed by atoms with Gasteiger partial charge < -0.3 is 4.74 Å². The highest BCUT2D eigenvalue weighted by Gasteiger charge is 2.32. The van der Waals surface area contributed by atoms with Gasteiger partial charge in [0.15, 0.2) is 0 Å². The van der Waals surface area contributed by atoms with Crippen molar-refractivity contribution in [3.63, 3.8) is 0 Å². The predicted octanol–water partition coefficient (Wildman–Crippen LogP) is 3.80. The molecule has 1 rings (SSSR count). The smallest absolute Gasteiger partial charge is 0.241 e. The van der Waals surface area contributed by atoms with Gasteiger partial charge in [0.1, 0.15) is 5.75 Å². The number of hydrogen-bond donors (Lipinski definition) is 0. The Labute approximate surface area is 96.5 Å². The van der Waals surface area contributed by atoms with E-state index in [0.717, 1.165) is 0 Å². The lowest BCUT2D eigenvalue weighted by molar-refractivity contribution is 0.285. The van der Waals surface area contributed by atoms with Crippen molar-refractivity contribution >= 4 is 46.4 Å². The maximum Gasteiger partial charge on any atom is 0.241 e. The van der Waals surface area contributed by atoms with Gasteiger partial charge in [0.25, 0.3) is 0 Å². The second-order valence-corrected chi connectivity index (χ2v) is 4.97. The van der Waals surface area contributed by atoms with E-state index in [1.54, 1.807) is 24.3 Å². The zero-order valence-corrected chi connectivity index (χ0v) is 9.33. The lowest BCUT2D eigenvalue weighted by Gasteiger charge is -2.18. The van der Waals surface area contributed by atoms with Gasteiger partial charge in [0.2, 0.25) is 9.36 Å². The molecule has 13 heavy (non-hydrogen) atoms. The fraction of sp³-hybridized carbons (Fsp3) is 0.250. The van der Waals surface area contributed by atoms with E-state index in [2.05, 4.69) is 6.07 Å². The van der Waals surface area contributed by atoms with Crippen LogP contribution in [-0.2, 0) is 0 Å². The van der Waals surface area contributed by atoms with Crippen LogP contribution >= 0.6 is 46.4 Å². The molecule has 0 saturated heterocycles. The van der Waals surface area contributed by atoms with Crippen molar-refractivity contribution in [2.75, 3.05) is 0 Å². The average molecular weight is 259 g/mol. The molecule has 1 nitrogen and oxygen atoms in total. The molecule has 71 valence electrons. The highest BCUT2D eigenvalue weighted by Crippen LogP contribution is 2.34. The van der Waals surface area contributed by atoms with Crippen molar-refractivity contribution in [2.24, 2.45) is 0 Å². The first-order valence-corrected chi connectivity index (χ1v) is 4.91. The molecule has 0 N–H and O–H groups in total. The Balaban J connectivity index is 2.61. The van der Waals surface area contributed by atoms with E-state index in [-0.39, 0.29) is 0 Å². The van der Waals surface area contributed by atoms with Crippen LogP contribution < -0.4 is 4.74 Å². The normalized spacial score (nSPS) is 13.8. The number of halogens is 4. The van der Waals surface area contributed by atoms with Gasteiger partial charge in [-0.2, -0.15) is 0 Å². The topological polar surface area (TPSA) is 9.23 Å². The summed E-state index contributed by atoms with van der Waals surface area (Å²) in [6.45, 7) is 0. The molecule has 0 aliphatic heterocycles. The largest absolute Gasteiger partial charge is 0.469 e. The van der Waals surface area contributed by atoms with E-state index in [9.17, 15) is 0 Å². The van der Waals surface area contributed by atoms with Gasteiger partial charge in [-0.15, -0.1) is 0 Å². The number of benzene rings is 1. The molecule has 0 bridgehead atoms. The lowest BCUT2D eigenvalue weighted by atomic mass is 10.3. The summed E-state index contributed by atoms with van der Waals surface area (Å²) in [7, 11) is 0. The molecule has 0 amide bonds. The van der Waals surface area contributed by atoms with Crippen molar-refractivity contribution in [3.8, 4) is 5.75 Å². The standard InChI is InChI=1S/C8H5Cl4O/c9-7(8(10,11)12)13-6-4-2-1-3-5-6/h1-4,7H. The van der Waals surface area contributed by atoms with Gasteiger partial charge in [-0.1, -0.05) is 64.6 Å². The van der Waals surface area contributed by atoms with Crippen molar-refractivity contribution in [2.45, 2.75) is 9.36 Å². The van der Waals surface area contributed by atoms with Crippen molar-refractivity contribution < 1.29 is 4.74 Å². The molecule has 0 aliphatic carbocycles. The fourth-order valence-electron chi connectivity index (χ4n) is 0.628. The van der Waals surface area contributed by atoms with Crippen LogP contribution in [0.3, 0.4) is 0 Å². The first kappa shape index (κ1) is 11.3. The summed E-state index contributed by atoms with van der Waals surface area (Å²) < 4.78 is 3.45. The van der Waals surface area contributed by atoms with Crippen molar-refractivity contribution in [3.05, 3.63) is 30.3 Å². The maximum absolute atomic E-state index is 5.65. The fourth-order valence-corrected chi connectivity index (χ4v) is 0.858. The Morgan fingerprint density at radius 2 is 2.00 bits per heavy atom. The van der Waals surface area contributed by atoms with Gasteiger partial charge >= 0.3 is 0 Å². The Hall–Kier alpha value is 0.180. The molecule has 0 aliphatic rings. The van der Waals surface area contributed by atoms with Crippen molar-refractivity contribution in [1.29, 1.82) is 0 Å². The monoisotopic (exact) mass is 257 g/mol. The van der Waals surface area contributed by atoms with Crippen LogP contribution in [0.5, 0.6) is 5.75 Å². The predicted molar refractivity (Wildman–Crippen MR) is 55.8 cm³/mol. The summed E-state index contributed by atoms with van der Waals surface area (Å²) in [5, 5.41) is 0. The molecule has 0 heterocycles. The molecule has 0 fully saturated rings. The van der Waals surface area contributed by atoms with Crippen LogP contribution in [0.15, 0.2) is 24.3 Å². The number of ether oxygens (including phenoxy) is 1. The van der Waals surface area contributed by atoms with Crippen molar-refractivity contribution in [1.82, 2.24) is 0 Å². The minimum absolute atomic E-state index is 0.439. The number of para-hydroxylation sites is 1. The summed E-state index contributed by atoms with van der Waals surface area (Å²) in [6, 6.07) is 9.71. The SMILES string of the molecule is ClC(Oc1[c]cccc1)C(Cl)(Cl)Cl. The van der Waals surface area contributed by atoms with Crippen LogP contribution in [0.25, 0.3) is 0 Å². The molecule has 1 radical (unpaired) electrons. The van der Waals surface area contributed by atoms with Gasteiger partial charge in [-0.05, 0) is 6.07 Å². The second-order valence-electron chi connectivity index (χ2n) is 2.20. The van der Waals surface area contributed by atoms with Crippen LogP contribution in [0.1, 0.15) is 0 Å². The van der Waals surface area contributed by atoms with Gasteiger partial charge in [-0.3, -0.25) is 0 Å². The average Bonchev–Trinajstić information content (AvgIpc) is 2.04. The third kappa shape index (κ3) is 3.82. The Morgan fingerprint density at radius 1 is 1.31 bits per heavy atom. The first-order valence-electron chi connectivity index (χ1n) is 3.34. The second kappa shape index (κ2) is 4.61. The first-order chi connectivity index (χ1) is 6.00. The van der Waals surface area contributed by atoms with Crippen LogP contribution in [0, 0.1) is 6.07 Å². The van der Waals surface area contributed by atoms with Gasteiger partial charge in [-0.25, -0.2) is 0 Å². The van der Waals surface area contributed by atoms with E-state index in [4.69, 9.17) is 51.1 Å². The number of hydrogen-bond acceptors (Lipinski definition) is 1. The van der Waals surface area contributed by atoms with E-state index >= 15 is 0 Å². The van der Waals surface area contributed by atoms with Crippen LogP contribution in [0.4, 0.5) is 0 Å². The van der Waals surface area contributed by atoms with E-state index < -0.39 is 9.36 Å². The summed E-state index contributed by atoms with van der Waals surface area (Å²) in [4.78, 5) is 0. The zero-order valence-electron chi connectivity index (χ0n) is 6.31. The molecule has 0 spiro atoms. The minimum Gasteiger partial charge on any atom is -0.469 e. The molecule has 1 aromatic carbocycles. The molecule has 0 saturated carbocycles. The lowest BCUT2D eigenvalue weighted by Crippen LogP contribution is -2.25. The summed E-state index contributed by atoms with van der Waals surface area (Å²) in [5.41, 5.74) is -1.03. The van der Waals surface area contributed by atoms with Crippen LogP contribution in [-0.4, -0.2) is 9.36 Å². The third-order valence-electron chi connectivity index (χ3n) is 1.17. The summed E-state index contributed by atoms with van der Waals surface area (Å²) in [5.74, 6) is 0.439. The summed E-state index contributed by atoms with van der Waals surface area (Å²) >= 11 is 22.1. The van der Waals surface area contributed by atoms with Crippen LogP contribution in [0.2, 0.25) is 0 Å². The zero-order chi connectivity index (χ0) is 9.90. The number of alkyl halides is 4. The summed E-state index contributed by atoms with van der Waals surface area (Å²) in [6.07, 6.45) is 0. The van der Waals surface area contributed by atoms with E-state index in [0.29, 0.717) is 5.75 Å². The molecule has 5 heteroatoms. The molecular formula is C8H5Cl4O. The van der Waals surface area contributed by atoms with E-state index in [1.165, 1.54) is 0 Å². The minimum atomic E-state index is -1.65. The Morgan fingerprint density at radius 3 is 2.46 bits per heavy atom. The number of rotatable bonds is 2. The molecule has 1 unspecified atom stereocenters. The highest BCUT2D eigenvalue weighted by atomic mass is 35.6. The quantitative estimate of drug-likeness (QED) is 0.734.